The minimum absolute atomic E-state index is 0.203. The van der Waals surface area contributed by atoms with Gasteiger partial charge in [-0.15, -0.1) is 0 Å². The Morgan fingerprint density at radius 1 is 1.44 bits per heavy atom. The summed E-state index contributed by atoms with van der Waals surface area (Å²) in [6, 6.07) is 0. The normalized spacial score (nSPS) is 11.3. The summed E-state index contributed by atoms with van der Waals surface area (Å²) in [5.41, 5.74) is 0. The van der Waals surface area contributed by atoms with Crippen molar-refractivity contribution in [3.05, 3.63) is 0 Å². The van der Waals surface area contributed by atoms with Crippen molar-refractivity contribution in [2.45, 2.75) is 0 Å². The molecule has 0 aromatic carbocycles. The molecule has 0 fully saturated rings. The summed E-state index contributed by atoms with van der Waals surface area (Å²) in [6.45, 7) is 0. The molecule has 0 saturated heterocycles. The van der Waals surface area contributed by atoms with Crippen molar-refractivity contribution in [1.82, 2.24) is 0 Å². The van der Waals surface area contributed by atoms with Crippen LogP contribution in [-0.2, 0) is 9.83 Å². The van der Waals surface area contributed by atoms with Gasteiger partial charge in [-0.05, 0) is 11.8 Å². The Bertz CT molecular complexity index is 178. The fraction of sp³-hybridized carbons (Fsp3) is 0.333. The summed E-state index contributed by atoms with van der Waals surface area (Å²) in [7, 11) is -0.547. The fourth-order valence-corrected chi connectivity index (χ4v) is 2.13. The van der Waals surface area contributed by atoms with Crippen LogP contribution in [0.15, 0.2) is 0 Å². The molecule has 0 amide bonds. The highest BCUT2D eigenvalue weighted by atomic mass is 33.1. The molecule has 0 bridgehead atoms. The van der Waals surface area contributed by atoms with E-state index in [1.54, 1.807) is 10.8 Å². The van der Waals surface area contributed by atoms with Gasteiger partial charge in [0.15, 0.2) is 0 Å². The maximum absolute atomic E-state index is 10.5. The number of hydrogen-bond acceptors (Lipinski definition) is 5. The van der Waals surface area contributed by atoms with Gasteiger partial charge in [0.2, 0.25) is 0 Å². The molecule has 0 rings (SSSR count). The predicted octanol–water partition coefficient (Wildman–Crippen LogP) is 1.04. The maximum atomic E-state index is 10.5. The van der Waals surface area contributed by atoms with Crippen LogP contribution in [-0.4, -0.2) is 9.29 Å². The van der Waals surface area contributed by atoms with Crippen molar-refractivity contribution in [2.24, 2.45) is 0 Å². The largest absolute Gasteiger partial charge is 0.246 e. The van der Waals surface area contributed by atoms with Gasteiger partial charge < -0.3 is 0 Å². The van der Waals surface area contributed by atoms with Crippen LogP contribution >= 0.6 is 22.6 Å². The van der Waals surface area contributed by atoms with E-state index in [9.17, 15) is 4.21 Å². The maximum Gasteiger partial charge on any atom is 0.147 e. The zero-order chi connectivity index (χ0) is 7.11. The summed E-state index contributed by atoms with van der Waals surface area (Å²) in [5.74, 6) is 0. The molecule has 0 aromatic heterocycles. The molecule has 48 valence electrons. The lowest BCUT2D eigenvalue weighted by atomic mass is 11.8. The van der Waals surface area contributed by atoms with Crippen LogP contribution in [0.4, 0.5) is 0 Å². The highest BCUT2D eigenvalue weighted by Crippen LogP contribution is 2.10. The number of nitrogens with zero attached hydrogens (tertiary/aromatic N) is 2. The first-order valence-electron chi connectivity index (χ1n) is 1.77. The summed E-state index contributed by atoms with van der Waals surface area (Å²) in [4.78, 5) is 0. The number of rotatable bonds is 3. The van der Waals surface area contributed by atoms with Crippen LogP contribution in [0.3, 0.4) is 0 Å². The van der Waals surface area contributed by atoms with E-state index >= 15 is 0 Å². The Labute approximate surface area is 63.3 Å². The average Bonchev–Trinajstić information content (AvgIpc) is 1.85. The SMILES string of the molecule is N#CSCS(=O)SC#N. The van der Waals surface area contributed by atoms with Crippen molar-refractivity contribution in [2.75, 3.05) is 5.08 Å². The summed E-state index contributed by atoms with van der Waals surface area (Å²) in [5, 5.41) is 19.6. The van der Waals surface area contributed by atoms with E-state index in [0.717, 1.165) is 11.8 Å². The Kier molecular flexibility index (Phi) is 5.85. The third kappa shape index (κ3) is 5.71. The van der Waals surface area contributed by atoms with Gasteiger partial charge in [0.05, 0.1) is 15.9 Å². The predicted molar refractivity (Wildman–Crippen MR) is 39.4 cm³/mol. The molecule has 0 spiro atoms. The molecule has 0 N–H and O–H groups in total. The van der Waals surface area contributed by atoms with Gasteiger partial charge in [-0.3, -0.25) is 0 Å². The minimum atomic E-state index is -1.22. The van der Waals surface area contributed by atoms with Gasteiger partial charge in [0.25, 0.3) is 0 Å². The van der Waals surface area contributed by atoms with Gasteiger partial charge in [-0.2, -0.15) is 10.5 Å². The molecule has 0 aromatic rings. The number of thiocyanates is 2. The van der Waals surface area contributed by atoms with E-state index < -0.39 is 9.83 Å². The van der Waals surface area contributed by atoms with Crippen LogP contribution < -0.4 is 0 Å². The number of hydrogen-bond donors (Lipinski definition) is 0. The smallest absolute Gasteiger partial charge is 0.147 e. The van der Waals surface area contributed by atoms with E-state index in [1.807, 2.05) is 0 Å². The topological polar surface area (TPSA) is 64.7 Å². The second-order valence-corrected chi connectivity index (χ2v) is 4.82. The third-order valence-corrected chi connectivity index (χ3v) is 3.63. The van der Waals surface area contributed by atoms with E-state index in [4.69, 9.17) is 10.5 Å². The molecule has 0 aliphatic heterocycles. The number of thioether (sulfide) groups is 1. The molecular weight excluding hydrogens is 176 g/mol. The molecule has 3 nitrogen and oxygen atoms in total. The Balaban J connectivity index is 3.33. The first kappa shape index (κ1) is 8.83. The van der Waals surface area contributed by atoms with E-state index in [1.165, 1.54) is 0 Å². The Morgan fingerprint density at radius 2 is 2.11 bits per heavy atom. The lowest BCUT2D eigenvalue weighted by Crippen LogP contribution is -1.81. The van der Waals surface area contributed by atoms with Gasteiger partial charge >= 0.3 is 0 Å². The summed E-state index contributed by atoms with van der Waals surface area (Å²) in [6.07, 6.45) is 0. The molecule has 9 heavy (non-hydrogen) atoms. The molecule has 0 radical (unpaired) electrons. The first-order valence-corrected chi connectivity index (χ1v) is 5.40. The second-order valence-electron chi connectivity index (χ2n) is 0.832. The van der Waals surface area contributed by atoms with Crippen LogP contribution in [0, 0.1) is 21.3 Å². The van der Waals surface area contributed by atoms with E-state index in [-0.39, 0.29) is 5.08 Å². The first-order chi connectivity index (χ1) is 4.31. The standard InChI is InChI=1S/C3H2N2OS3/c4-1-7-3-9(6)8-2-5/h3H2. The van der Waals surface area contributed by atoms with Crippen molar-refractivity contribution in [1.29, 1.82) is 10.5 Å². The lowest BCUT2D eigenvalue weighted by Gasteiger charge is -1.84. The Morgan fingerprint density at radius 3 is 2.56 bits per heavy atom. The van der Waals surface area contributed by atoms with Crippen molar-refractivity contribution in [3.63, 3.8) is 0 Å². The molecule has 1 atom stereocenters. The molecule has 0 aliphatic carbocycles. The lowest BCUT2D eigenvalue weighted by molar-refractivity contribution is 0.694. The highest BCUT2D eigenvalue weighted by molar-refractivity contribution is 8.72. The Hall–Kier alpha value is -0.170. The van der Waals surface area contributed by atoms with E-state index in [0.29, 0.717) is 10.8 Å². The third-order valence-electron chi connectivity index (χ3n) is 0.350. The van der Waals surface area contributed by atoms with E-state index in [2.05, 4.69) is 0 Å². The van der Waals surface area contributed by atoms with Crippen LogP contribution in [0.1, 0.15) is 0 Å². The zero-order valence-electron chi connectivity index (χ0n) is 4.23. The fourth-order valence-electron chi connectivity index (χ4n) is 0.140. The minimum Gasteiger partial charge on any atom is -0.246 e. The van der Waals surface area contributed by atoms with Gasteiger partial charge in [-0.1, -0.05) is 0 Å². The quantitative estimate of drug-likeness (QED) is 0.477. The monoisotopic (exact) mass is 178 g/mol. The van der Waals surface area contributed by atoms with Gasteiger partial charge in [-0.25, -0.2) is 4.21 Å². The molecular formula is C3H2N2OS3. The molecule has 0 heterocycles. The molecule has 1 unspecified atom stereocenters. The van der Waals surface area contributed by atoms with Gasteiger partial charge in [0.1, 0.15) is 20.6 Å². The van der Waals surface area contributed by atoms with Crippen molar-refractivity contribution >= 4 is 32.4 Å². The van der Waals surface area contributed by atoms with Gasteiger partial charge in [0, 0.05) is 0 Å². The highest BCUT2D eigenvalue weighted by Gasteiger charge is 1.97. The molecule has 0 aliphatic rings. The van der Waals surface area contributed by atoms with Crippen LogP contribution in [0.5, 0.6) is 0 Å². The van der Waals surface area contributed by atoms with Crippen molar-refractivity contribution < 1.29 is 4.21 Å². The summed E-state index contributed by atoms with van der Waals surface area (Å²) >= 11 is 0.890. The zero-order valence-corrected chi connectivity index (χ0v) is 6.68. The molecule has 6 heteroatoms. The van der Waals surface area contributed by atoms with Crippen LogP contribution in [0.2, 0.25) is 0 Å². The average molecular weight is 178 g/mol. The van der Waals surface area contributed by atoms with Crippen LogP contribution in [0.25, 0.3) is 0 Å². The summed E-state index contributed by atoms with van der Waals surface area (Å²) < 4.78 is 10.5. The number of nitriles is 2. The van der Waals surface area contributed by atoms with Crippen molar-refractivity contribution in [3.8, 4) is 10.8 Å². The second kappa shape index (κ2) is 5.96. The molecule has 0 saturated carbocycles.